The highest BCUT2D eigenvalue weighted by Crippen LogP contribution is 2.35. The van der Waals surface area contributed by atoms with E-state index in [4.69, 9.17) is 16.3 Å². The minimum absolute atomic E-state index is 0.0198. The summed E-state index contributed by atoms with van der Waals surface area (Å²) in [6.45, 7) is 3.68. The van der Waals surface area contributed by atoms with E-state index >= 15 is 0 Å². The van der Waals surface area contributed by atoms with Crippen molar-refractivity contribution in [3.63, 3.8) is 0 Å². The predicted octanol–water partition coefficient (Wildman–Crippen LogP) is 4.11. The van der Waals surface area contributed by atoms with E-state index in [0.29, 0.717) is 33.5 Å². The average molecular weight is 441 g/mol. The molecule has 1 saturated carbocycles. The zero-order chi connectivity index (χ0) is 21.3. The Morgan fingerprint density at radius 3 is 2.59 bits per heavy atom. The number of aryl methyl sites for hydroxylation is 1. The maximum atomic E-state index is 14.5. The van der Waals surface area contributed by atoms with Crippen molar-refractivity contribution >= 4 is 27.5 Å². The van der Waals surface area contributed by atoms with Crippen LogP contribution in [0.2, 0.25) is 5.02 Å². The van der Waals surface area contributed by atoms with Gasteiger partial charge in [0.2, 0.25) is 15.9 Å². The zero-order valence-corrected chi connectivity index (χ0v) is 17.9. The molecule has 0 aliphatic heterocycles. The Balaban J connectivity index is 1.85. The summed E-state index contributed by atoms with van der Waals surface area (Å²) in [5.41, 5.74) is 1.26. The van der Waals surface area contributed by atoms with E-state index in [2.05, 4.69) is 4.98 Å². The number of hydrogen-bond acceptors (Lipinski definition) is 5. The molecule has 6 nitrogen and oxygen atoms in total. The second-order valence-corrected chi connectivity index (χ2v) is 9.53. The molecule has 9 heteroatoms. The van der Waals surface area contributed by atoms with E-state index in [9.17, 15) is 17.6 Å². The number of aromatic nitrogens is 1. The lowest BCUT2D eigenvalue weighted by Gasteiger charge is -2.31. The van der Waals surface area contributed by atoms with E-state index in [-0.39, 0.29) is 11.7 Å². The van der Waals surface area contributed by atoms with E-state index in [1.807, 2.05) is 6.92 Å². The summed E-state index contributed by atoms with van der Waals surface area (Å²) in [6, 6.07) is 4.09. The summed E-state index contributed by atoms with van der Waals surface area (Å²) in [6.07, 6.45) is 5.86. The monoisotopic (exact) mass is 440 g/mol. The van der Waals surface area contributed by atoms with Crippen LogP contribution in [0, 0.1) is 18.7 Å². The highest BCUT2D eigenvalue weighted by atomic mass is 35.5. The summed E-state index contributed by atoms with van der Waals surface area (Å²) in [7, 11) is -3.80. The number of carbonyl (C=O) groups is 1. The lowest BCUT2D eigenvalue weighted by Crippen LogP contribution is -2.30. The molecule has 0 bridgehead atoms. The first-order valence-electron chi connectivity index (χ1n) is 9.20. The summed E-state index contributed by atoms with van der Waals surface area (Å²) in [5.74, 6) is -1.03. The molecule has 3 rings (SSSR count). The molecule has 1 amide bonds. The van der Waals surface area contributed by atoms with E-state index < -0.39 is 21.7 Å². The van der Waals surface area contributed by atoms with Crippen LogP contribution in [0.5, 0.6) is 5.88 Å². The Kier molecular flexibility index (Phi) is 6.14. The van der Waals surface area contributed by atoms with Crippen LogP contribution in [0.4, 0.5) is 4.39 Å². The van der Waals surface area contributed by atoms with Crippen molar-refractivity contribution in [2.24, 2.45) is 5.92 Å². The van der Waals surface area contributed by atoms with Crippen molar-refractivity contribution in [1.29, 1.82) is 0 Å². The fourth-order valence-corrected chi connectivity index (χ4v) is 3.89. The third-order valence-electron chi connectivity index (χ3n) is 5.07. The molecule has 1 aromatic carbocycles. The summed E-state index contributed by atoms with van der Waals surface area (Å²) in [5, 5.41) is 0.312. The Bertz CT molecular complexity index is 1050. The molecule has 1 atom stereocenters. The molecule has 0 unspecified atom stereocenters. The lowest BCUT2D eigenvalue weighted by atomic mass is 9.82. The fraction of sp³-hybridized carbons (Fsp3) is 0.400. The van der Waals surface area contributed by atoms with Gasteiger partial charge in [-0.3, -0.25) is 4.79 Å². The van der Waals surface area contributed by atoms with Crippen LogP contribution in [0.25, 0.3) is 11.1 Å². The van der Waals surface area contributed by atoms with E-state index in [1.54, 1.807) is 17.7 Å². The highest BCUT2D eigenvalue weighted by Gasteiger charge is 2.26. The number of carbonyl (C=O) groups excluding carboxylic acids is 1. The summed E-state index contributed by atoms with van der Waals surface area (Å²) >= 11 is 6.32. The number of amides is 1. The molecule has 0 radical (unpaired) electrons. The van der Waals surface area contributed by atoms with Crippen molar-refractivity contribution in [2.45, 2.75) is 39.2 Å². The van der Waals surface area contributed by atoms with Gasteiger partial charge in [-0.1, -0.05) is 18.0 Å². The number of hydrogen-bond donors (Lipinski definition) is 1. The lowest BCUT2D eigenvalue weighted by molar-refractivity contribution is 0.0946. The quantitative estimate of drug-likeness (QED) is 0.730. The van der Waals surface area contributed by atoms with Crippen molar-refractivity contribution in [2.75, 3.05) is 6.26 Å². The molecule has 1 aliphatic carbocycles. The second kappa shape index (κ2) is 8.28. The van der Waals surface area contributed by atoms with Crippen LogP contribution in [-0.2, 0) is 10.0 Å². The number of rotatable bonds is 6. The Morgan fingerprint density at radius 2 is 2.03 bits per heavy atom. The van der Waals surface area contributed by atoms with Crippen LogP contribution < -0.4 is 9.46 Å². The standard InChI is InChI=1S/C20H22ClFN2O4S/c1-11-7-16(19(25)24-29(3,26)27)18(22)9-15(11)14-8-17(21)20(23-10-14)28-12(2)13-5-4-6-13/h7-10,12-13H,4-6H2,1-3H3,(H,24,25)/t12-/m0/s1. The Labute approximate surface area is 174 Å². The van der Waals surface area contributed by atoms with Gasteiger partial charge in [0.1, 0.15) is 16.9 Å². The number of ether oxygens (including phenoxy) is 1. The normalized spacial score (nSPS) is 15.5. The molecule has 156 valence electrons. The summed E-state index contributed by atoms with van der Waals surface area (Å²) in [4.78, 5) is 16.3. The van der Waals surface area contributed by atoms with Crippen LogP contribution in [0.1, 0.15) is 42.1 Å². The number of nitrogens with one attached hydrogen (secondary N) is 1. The van der Waals surface area contributed by atoms with Gasteiger partial charge in [0.25, 0.3) is 5.91 Å². The first-order valence-corrected chi connectivity index (χ1v) is 11.5. The van der Waals surface area contributed by atoms with Gasteiger partial charge in [-0.2, -0.15) is 0 Å². The van der Waals surface area contributed by atoms with Crippen molar-refractivity contribution < 1.29 is 22.3 Å². The van der Waals surface area contributed by atoms with E-state index in [1.165, 1.54) is 18.7 Å². The van der Waals surface area contributed by atoms with Crippen molar-refractivity contribution in [3.8, 4) is 17.0 Å². The molecule has 1 aromatic heterocycles. The van der Waals surface area contributed by atoms with Crippen molar-refractivity contribution in [1.82, 2.24) is 9.71 Å². The Hall–Kier alpha value is -2.19. The molecule has 1 aliphatic rings. The van der Waals surface area contributed by atoms with Gasteiger partial charge in [-0.15, -0.1) is 0 Å². The van der Waals surface area contributed by atoms with Gasteiger partial charge >= 0.3 is 0 Å². The smallest absolute Gasteiger partial charge is 0.267 e. The molecule has 29 heavy (non-hydrogen) atoms. The molecule has 1 N–H and O–H groups in total. The Morgan fingerprint density at radius 1 is 1.34 bits per heavy atom. The topological polar surface area (TPSA) is 85.4 Å². The van der Waals surface area contributed by atoms with Crippen LogP contribution in [-0.4, -0.2) is 31.7 Å². The van der Waals surface area contributed by atoms with Crippen LogP contribution in [0.3, 0.4) is 0 Å². The predicted molar refractivity (Wildman–Crippen MR) is 109 cm³/mol. The number of nitrogens with zero attached hydrogens (tertiary/aromatic N) is 1. The third-order valence-corrected chi connectivity index (χ3v) is 5.89. The molecule has 1 fully saturated rings. The van der Waals surface area contributed by atoms with Gasteiger partial charge < -0.3 is 4.74 Å². The molecule has 0 spiro atoms. The SMILES string of the molecule is Cc1cc(C(=O)NS(C)(=O)=O)c(F)cc1-c1cnc(O[C@@H](C)C2CCC2)c(Cl)c1. The fourth-order valence-electron chi connectivity index (χ4n) is 3.23. The van der Waals surface area contributed by atoms with Gasteiger partial charge in [0, 0.05) is 11.8 Å². The van der Waals surface area contributed by atoms with Gasteiger partial charge in [0.05, 0.1) is 11.8 Å². The first kappa shape index (κ1) is 21.5. The van der Waals surface area contributed by atoms with Gasteiger partial charge in [-0.25, -0.2) is 22.5 Å². The zero-order valence-electron chi connectivity index (χ0n) is 16.3. The van der Waals surface area contributed by atoms with Gasteiger partial charge in [0.15, 0.2) is 0 Å². The number of pyridine rings is 1. The van der Waals surface area contributed by atoms with Crippen LogP contribution >= 0.6 is 11.6 Å². The molecule has 1 heterocycles. The van der Waals surface area contributed by atoms with Gasteiger partial charge in [-0.05, 0) is 61.9 Å². The second-order valence-electron chi connectivity index (χ2n) is 7.38. The largest absolute Gasteiger partial charge is 0.473 e. The molecular weight excluding hydrogens is 419 g/mol. The highest BCUT2D eigenvalue weighted by molar-refractivity contribution is 7.89. The molecular formula is C20H22ClFN2O4S. The molecule has 2 aromatic rings. The maximum Gasteiger partial charge on any atom is 0.267 e. The van der Waals surface area contributed by atoms with E-state index in [0.717, 1.165) is 25.2 Å². The number of benzene rings is 1. The number of sulfonamides is 1. The third kappa shape index (κ3) is 5.05. The van der Waals surface area contributed by atoms with Crippen molar-refractivity contribution in [3.05, 3.63) is 46.4 Å². The average Bonchev–Trinajstić information content (AvgIpc) is 2.55. The first-order chi connectivity index (χ1) is 13.5. The van der Waals surface area contributed by atoms with Crippen LogP contribution in [0.15, 0.2) is 24.4 Å². The molecule has 0 saturated heterocycles. The maximum absolute atomic E-state index is 14.5. The minimum atomic E-state index is -3.80. The number of halogens is 2. The minimum Gasteiger partial charge on any atom is -0.473 e. The summed E-state index contributed by atoms with van der Waals surface area (Å²) < 4.78 is 44.6.